The maximum atomic E-state index is 14.4. The molecule has 148 valence electrons. The lowest BCUT2D eigenvalue weighted by Gasteiger charge is -2.36. The molecule has 2 aromatic carbocycles. The van der Waals surface area contributed by atoms with E-state index in [0.29, 0.717) is 22.9 Å². The largest absolute Gasteiger partial charge is 0.356 e. The molecule has 0 N–H and O–H groups in total. The van der Waals surface area contributed by atoms with Crippen LogP contribution in [0.15, 0.2) is 48.5 Å². The SMILES string of the molecule is CN(C)C1CCN(c2nc3c(-c4ccccc4F)nnn3c3ccccc23)CC1. The summed E-state index contributed by atoms with van der Waals surface area (Å²) >= 11 is 0. The number of hydrogen-bond acceptors (Lipinski definition) is 5. The van der Waals surface area contributed by atoms with Gasteiger partial charge in [0.05, 0.1) is 5.52 Å². The molecule has 7 heteroatoms. The van der Waals surface area contributed by atoms with Crippen LogP contribution in [-0.4, -0.2) is 57.9 Å². The molecule has 0 bridgehead atoms. The third-order valence-electron chi connectivity index (χ3n) is 5.85. The normalized spacial score (nSPS) is 15.7. The van der Waals surface area contributed by atoms with E-state index in [1.54, 1.807) is 22.7 Å². The molecular formula is C22H23FN6. The highest BCUT2D eigenvalue weighted by Crippen LogP contribution is 2.32. The number of fused-ring (bicyclic) bond motifs is 3. The molecule has 1 aliphatic heterocycles. The molecule has 3 heterocycles. The number of aromatic nitrogens is 4. The molecule has 0 aliphatic carbocycles. The topological polar surface area (TPSA) is 49.6 Å². The number of rotatable bonds is 3. The highest BCUT2D eigenvalue weighted by Gasteiger charge is 2.25. The van der Waals surface area contributed by atoms with E-state index in [9.17, 15) is 4.39 Å². The number of piperidine rings is 1. The summed E-state index contributed by atoms with van der Waals surface area (Å²) in [5.74, 6) is 0.600. The molecule has 29 heavy (non-hydrogen) atoms. The first-order valence-electron chi connectivity index (χ1n) is 9.94. The summed E-state index contributed by atoms with van der Waals surface area (Å²) in [5.41, 5.74) is 2.40. The van der Waals surface area contributed by atoms with Crippen molar-refractivity contribution < 1.29 is 4.39 Å². The van der Waals surface area contributed by atoms with Crippen molar-refractivity contribution in [3.63, 3.8) is 0 Å². The van der Waals surface area contributed by atoms with Crippen molar-refractivity contribution in [1.82, 2.24) is 24.7 Å². The second kappa shape index (κ2) is 7.08. The van der Waals surface area contributed by atoms with Crippen LogP contribution < -0.4 is 4.90 Å². The van der Waals surface area contributed by atoms with Crippen LogP contribution in [-0.2, 0) is 0 Å². The third kappa shape index (κ3) is 3.02. The minimum Gasteiger partial charge on any atom is -0.356 e. The maximum absolute atomic E-state index is 14.4. The average molecular weight is 390 g/mol. The van der Waals surface area contributed by atoms with E-state index in [2.05, 4.69) is 40.3 Å². The van der Waals surface area contributed by atoms with Gasteiger partial charge in [0, 0.05) is 30.1 Å². The predicted octanol–water partition coefficient (Wildman–Crippen LogP) is 3.61. The Morgan fingerprint density at radius 1 is 1.00 bits per heavy atom. The van der Waals surface area contributed by atoms with Gasteiger partial charge in [-0.3, -0.25) is 0 Å². The van der Waals surface area contributed by atoms with Crippen LogP contribution in [0.1, 0.15) is 12.8 Å². The van der Waals surface area contributed by atoms with Gasteiger partial charge in [-0.05, 0) is 51.2 Å². The number of anilines is 1. The number of hydrogen-bond donors (Lipinski definition) is 0. The first-order valence-corrected chi connectivity index (χ1v) is 9.94. The lowest BCUT2D eigenvalue weighted by atomic mass is 10.0. The number of benzene rings is 2. The molecule has 6 nitrogen and oxygen atoms in total. The molecule has 4 aromatic rings. The smallest absolute Gasteiger partial charge is 0.186 e. The van der Waals surface area contributed by atoms with Gasteiger partial charge in [-0.25, -0.2) is 9.37 Å². The molecule has 1 saturated heterocycles. The minimum absolute atomic E-state index is 0.321. The Labute approximate surface area is 168 Å². The van der Waals surface area contributed by atoms with Gasteiger partial charge in [-0.15, -0.1) is 5.10 Å². The standard InChI is InChI=1S/C22H23FN6/c1-27(2)15-11-13-28(14-12-15)21-17-8-4-6-10-19(17)29-22(24-21)20(25-26-29)16-7-3-5-9-18(16)23/h3-10,15H,11-14H2,1-2H3. The lowest BCUT2D eigenvalue weighted by molar-refractivity contribution is 0.249. The zero-order valence-corrected chi connectivity index (χ0v) is 16.6. The summed E-state index contributed by atoms with van der Waals surface area (Å²) in [5, 5.41) is 9.62. The molecule has 0 radical (unpaired) electrons. The van der Waals surface area contributed by atoms with Crippen LogP contribution in [0.2, 0.25) is 0 Å². The summed E-state index contributed by atoms with van der Waals surface area (Å²) in [4.78, 5) is 9.59. The minimum atomic E-state index is -0.321. The van der Waals surface area contributed by atoms with Crippen LogP contribution in [0.25, 0.3) is 27.8 Å². The molecule has 0 spiro atoms. The van der Waals surface area contributed by atoms with Gasteiger partial charge in [0.1, 0.15) is 17.3 Å². The quantitative estimate of drug-likeness (QED) is 0.535. The molecule has 2 aromatic heterocycles. The van der Waals surface area contributed by atoms with Crippen LogP contribution in [0, 0.1) is 5.82 Å². The fraction of sp³-hybridized carbons (Fsp3) is 0.318. The van der Waals surface area contributed by atoms with Gasteiger partial charge < -0.3 is 9.80 Å². The number of para-hydroxylation sites is 1. The Kier molecular flexibility index (Phi) is 4.39. The van der Waals surface area contributed by atoms with Crippen LogP contribution in [0.5, 0.6) is 0 Å². The van der Waals surface area contributed by atoms with Crippen molar-refractivity contribution in [2.45, 2.75) is 18.9 Å². The van der Waals surface area contributed by atoms with Gasteiger partial charge >= 0.3 is 0 Å². The molecule has 5 rings (SSSR count). The number of halogens is 1. The fourth-order valence-corrected chi connectivity index (χ4v) is 4.21. The Hall–Kier alpha value is -3.06. The summed E-state index contributed by atoms with van der Waals surface area (Å²) in [6.45, 7) is 1.87. The highest BCUT2D eigenvalue weighted by molar-refractivity contribution is 5.93. The van der Waals surface area contributed by atoms with Crippen molar-refractivity contribution in [2.24, 2.45) is 0 Å². The van der Waals surface area contributed by atoms with Gasteiger partial charge in [0.2, 0.25) is 0 Å². The van der Waals surface area contributed by atoms with Crippen molar-refractivity contribution in [3.8, 4) is 11.3 Å². The third-order valence-corrected chi connectivity index (χ3v) is 5.85. The highest BCUT2D eigenvalue weighted by atomic mass is 19.1. The second-order valence-corrected chi connectivity index (χ2v) is 7.79. The molecule has 0 amide bonds. The Morgan fingerprint density at radius 2 is 1.72 bits per heavy atom. The summed E-state index contributed by atoms with van der Waals surface area (Å²) in [7, 11) is 4.28. The van der Waals surface area contributed by atoms with E-state index in [-0.39, 0.29) is 5.82 Å². The summed E-state index contributed by atoms with van der Waals surface area (Å²) < 4.78 is 16.2. The fourth-order valence-electron chi connectivity index (χ4n) is 4.21. The Bertz CT molecular complexity index is 1180. The van der Waals surface area contributed by atoms with E-state index >= 15 is 0 Å². The molecule has 1 aliphatic rings. The van der Waals surface area contributed by atoms with E-state index in [0.717, 1.165) is 42.7 Å². The van der Waals surface area contributed by atoms with E-state index in [1.165, 1.54) is 6.07 Å². The van der Waals surface area contributed by atoms with Crippen LogP contribution in [0.4, 0.5) is 10.2 Å². The molecule has 0 atom stereocenters. The number of nitrogens with zero attached hydrogens (tertiary/aromatic N) is 6. The molecular weight excluding hydrogens is 367 g/mol. The zero-order chi connectivity index (χ0) is 20.0. The van der Waals surface area contributed by atoms with Crippen LogP contribution >= 0.6 is 0 Å². The average Bonchev–Trinajstić information content (AvgIpc) is 3.17. The van der Waals surface area contributed by atoms with E-state index in [1.807, 2.05) is 18.2 Å². The molecule has 0 saturated carbocycles. The van der Waals surface area contributed by atoms with Crippen LogP contribution in [0.3, 0.4) is 0 Å². The van der Waals surface area contributed by atoms with E-state index in [4.69, 9.17) is 4.98 Å². The van der Waals surface area contributed by atoms with Gasteiger partial charge in [0.15, 0.2) is 5.65 Å². The maximum Gasteiger partial charge on any atom is 0.186 e. The first-order chi connectivity index (χ1) is 14.1. The molecule has 1 fully saturated rings. The zero-order valence-electron chi connectivity index (χ0n) is 16.6. The van der Waals surface area contributed by atoms with Gasteiger partial charge in [-0.2, -0.15) is 4.52 Å². The Morgan fingerprint density at radius 3 is 2.48 bits per heavy atom. The molecule has 0 unspecified atom stereocenters. The second-order valence-electron chi connectivity index (χ2n) is 7.79. The first kappa shape index (κ1) is 18.0. The van der Waals surface area contributed by atoms with Crippen molar-refractivity contribution in [2.75, 3.05) is 32.1 Å². The predicted molar refractivity (Wildman–Crippen MR) is 113 cm³/mol. The van der Waals surface area contributed by atoms with Crippen molar-refractivity contribution in [3.05, 3.63) is 54.3 Å². The summed E-state index contributed by atoms with van der Waals surface area (Å²) in [6.07, 6.45) is 2.18. The van der Waals surface area contributed by atoms with Gasteiger partial charge in [0.25, 0.3) is 0 Å². The monoisotopic (exact) mass is 390 g/mol. The van der Waals surface area contributed by atoms with Gasteiger partial charge in [-0.1, -0.05) is 29.5 Å². The van der Waals surface area contributed by atoms with E-state index < -0.39 is 0 Å². The Balaban J connectivity index is 1.67. The summed E-state index contributed by atoms with van der Waals surface area (Å²) in [6, 6.07) is 15.3. The van der Waals surface area contributed by atoms with Crippen molar-refractivity contribution >= 4 is 22.4 Å². The van der Waals surface area contributed by atoms with Crippen molar-refractivity contribution in [1.29, 1.82) is 0 Å². The lowest BCUT2D eigenvalue weighted by Crippen LogP contribution is -2.42.